The number of nitrogens with one attached hydrogen (secondary N) is 1. The van der Waals surface area contributed by atoms with Crippen molar-refractivity contribution in [2.24, 2.45) is 0 Å². The number of hydrogen-bond donors (Lipinski definition) is 1. The van der Waals surface area contributed by atoms with E-state index in [-0.39, 0.29) is 11.3 Å². The lowest BCUT2D eigenvalue weighted by atomic mass is 10.1. The van der Waals surface area contributed by atoms with E-state index in [1.54, 1.807) is 12.5 Å². The number of hydrogen-bond acceptors (Lipinski definition) is 5. The van der Waals surface area contributed by atoms with E-state index >= 15 is 0 Å². The number of aromatic nitrogens is 2. The molecule has 0 atom stereocenters. The number of nitrogens with zero attached hydrogens (tertiary/aromatic N) is 4. The quantitative estimate of drug-likeness (QED) is 0.767. The minimum Gasteiger partial charge on any atom is -0.458 e. The molecule has 1 aromatic carbocycles. The number of piperidine rings is 1. The number of imidazole rings is 1. The van der Waals surface area contributed by atoms with Crippen molar-refractivity contribution < 1.29 is 9.21 Å². The summed E-state index contributed by atoms with van der Waals surface area (Å²) in [6, 6.07) is 9.32. The Morgan fingerprint density at radius 2 is 2.07 bits per heavy atom. The third-order valence-electron chi connectivity index (χ3n) is 4.72. The molecule has 3 heterocycles. The van der Waals surface area contributed by atoms with Gasteiger partial charge in [0.2, 0.25) is 5.76 Å². The molecule has 136 valence electrons. The van der Waals surface area contributed by atoms with Crippen molar-refractivity contribution in [2.45, 2.75) is 19.3 Å². The van der Waals surface area contributed by atoms with Crippen LogP contribution in [-0.2, 0) is 0 Å². The van der Waals surface area contributed by atoms with Gasteiger partial charge in [-0.3, -0.25) is 4.79 Å². The molecule has 1 amide bonds. The summed E-state index contributed by atoms with van der Waals surface area (Å²) in [4.78, 5) is 19.0. The minimum atomic E-state index is -0.426. The van der Waals surface area contributed by atoms with Crippen molar-refractivity contribution in [1.82, 2.24) is 9.55 Å². The third kappa shape index (κ3) is 3.42. The summed E-state index contributed by atoms with van der Waals surface area (Å²) >= 11 is 0. The average Bonchev–Trinajstić information content (AvgIpc) is 3.40. The molecule has 7 heteroatoms. The highest BCUT2D eigenvalue weighted by Gasteiger charge is 2.20. The Kier molecular flexibility index (Phi) is 4.62. The normalized spacial score (nSPS) is 14.0. The molecule has 3 aromatic rings. The summed E-state index contributed by atoms with van der Waals surface area (Å²) in [6.07, 6.45) is 10.2. The van der Waals surface area contributed by atoms with Crippen LogP contribution in [0.1, 0.15) is 35.4 Å². The average molecular weight is 361 g/mol. The fourth-order valence-electron chi connectivity index (χ4n) is 3.35. The van der Waals surface area contributed by atoms with Crippen LogP contribution in [0.15, 0.2) is 53.7 Å². The van der Waals surface area contributed by atoms with E-state index in [1.807, 2.05) is 29.0 Å². The maximum atomic E-state index is 12.6. The van der Waals surface area contributed by atoms with Crippen LogP contribution in [0.3, 0.4) is 0 Å². The van der Waals surface area contributed by atoms with E-state index in [1.165, 1.54) is 18.8 Å². The van der Waals surface area contributed by atoms with Gasteiger partial charge in [-0.25, -0.2) is 4.98 Å². The fourth-order valence-corrected chi connectivity index (χ4v) is 3.35. The number of anilines is 2. The fraction of sp³-hybridized carbons (Fsp3) is 0.250. The van der Waals surface area contributed by atoms with Gasteiger partial charge in [-0.15, -0.1) is 0 Å². The van der Waals surface area contributed by atoms with Crippen LogP contribution in [0, 0.1) is 11.3 Å². The predicted octanol–water partition coefficient (Wildman–Crippen LogP) is 3.58. The maximum Gasteiger partial charge on any atom is 0.292 e. The van der Waals surface area contributed by atoms with Crippen molar-refractivity contribution in [3.05, 3.63) is 60.6 Å². The number of carbonyl (C=O) groups is 1. The Bertz CT molecular complexity index is 978. The van der Waals surface area contributed by atoms with Crippen LogP contribution in [-0.4, -0.2) is 28.5 Å². The molecule has 4 rings (SSSR count). The molecule has 0 spiro atoms. The Balaban J connectivity index is 1.68. The Labute approximate surface area is 156 Å². The molecule has 1 aliphatic heterocycles. The van der Waals surface area contributed by atoms with Gasteiger partial charge in [0.15, 0.2) is 0 Å². The highest BCUT2D eigenvalue weighted by Crippen LogP contribution is 2.31. The lowest BCUT2D eigenvalue weighted by Crippen LogP contribution is -2.30. The van der Waals surface area contributed by atoms with Crippen LogP contribution < -0.4 is 10.2 Å². The lowest BCUT2D eigenvalue weighted by molar-refractivity contribution is 0.0996. The zero-order chi connectivity index (χ0) is 18.6. The van der Waals surface area contributed by atoms with Gasteiger partial charge in [-0.05, 0) is 43.5 Å². The number of nitriles is 1. The van der Waals surface area contributed by atoms with Gasteiger partial charge in [-0.1, -0.05) is 0 Å². The Morgan fingerprint density at radius 3 is 2.81 bits per heavy atom. The second-order valence-corrected chi connectivity index (χ2v) is 6.45. The zero-order valence-electron chi connectivity index (χ0n) is 14.8. The first kappa shape index (κ1) is 16.9. The number of benzene rings is 1. The molecular weight excluding hydrogens is 342 g/mol. The van der Waals surface area contributed by atoms with Crippen molar-refractivity contribution in [2.75, 3.05) is 23.3 Å². The smallest absolute Gasteiger partial charge is 0.292 e. The van der Waals surface area contributed by atoms with Gasteiger partial charge in [0.1, 0.15) is 11.6 Å². The number of amides is 1. The monoisotopic (exact) mass is 361 g/mol. The summed E-state index contributed by atoms with van der Waals surface area (Å²) < 4.78 is 7.13. The molecule has 1 saturated heterocycles. The van der Waals surface area contributed by atoms with Crippen LogP contribution >= 0.6 is 0 Å². The summed E-state index contributed by atoms with van der Waals surface area (Å²) in [5.41, 5.74) is 2.86. The molecule has 27 heavy (non-hydrogen) atoms. The molecule has 2 aromatic heterocycles. The number of carbonyl (C=O) groups excluding carboxylic acids is 1. The number of rotatable bonds is 4. The lowest BCUT2D eigenvalue weighted by Gasteiger charge is -2.31. The number of furan rings is 1. The molecule has 1 fully saturated rings. The molecule has 0 unspecified atom stereocenters. The van der Waals surface area contributed by atoms with E-state index in [0.29, 0.717) is 5.69 Å². The van der Waals surface area contributed by atoms with Gasteiger partial charge in [0, 0.05) is 31.2 Å². The summed E-state index contributed by atoms with van der Waals surface area (Å²) in [6.45, 7) is 1.89. The van der Waals surface area contributed by atoms with Crippen LogP contribution in [0.2, 0.25) is 0 Å². The summed E-state index contributed by atoms with van der Waals surface area (Å²) in [7, 11) is 0. The van der Waals surface area contributed by atoms with Crippen molar-refractivity contribution in [1.29, 1.82) is 5.26 Å². The SMILES string of the molecule is N#Cc1ccoc1C(=O)Nc1ccc(-n2ccnc2)cc1N1CCCCC1. The second kappa shape index (κ2) is 7.38. The molecule has 0 bridgehead atoms. The standard InChI is InChI=1S/C20H19N5O2/c21-13-15-6-11-27-19(15)20(26)23-17-5-4-16(25-10-7-22-14-25)12-18(17)24-8-2-1-3-9-24/h4-7,10-12,14H,1-3,8-9H2,(H,23,26). The van der Waals surface area contributed by atoms with E-state index in [0.717, 1.165) is 37.3 Å². The van der Waals surface area contributed by atoms with Gasteiger partial charge in [0.25, 0.3) is 5.91 Å². The van der Waals surface area contributed by atoms with E-state index in [9.17, 15) is 4.79 Å². The van der Waals surface area contributed by atoms with E-state index in [2.05, 4.69) is 21.3 Å². The van der Waals surface area contributed by atoms with Crippen molar-refractivity contribution >= 4 is 17.3 Å². The first-order valence-electron chi connectivity index (χ1n) is 8.92. The molecule has 0 saturated carbocycles. The molecule has 1 N–H and O–H groups in total. The predicted molar refractivity (Wildman–Crippen MR) is 101 cm³/mol. The van der Waals surface area contributed by atoms with Crippen LogP contribution in [0.5, 0.6) is 0 Å². The van der Waals surface area contributed by atoms with Gasteiger partial charge in [0.05, 0.1) is 24.0 Å². The van der Waals surface area contributed by atoms with E-state index in [4.69, 9.17) is 9.68 Å². The van der Waals surface area contributed by atoms with Crippen LogP contribution in [0.4, 0.5) is 11.4 Å². The van der Waals surface area contributed by atoms with Crippen LogP contribution in [0.25, 0.3) is 5.69 Å². The van der Waals surface area contributed by atoms with Crippen molar-refractivity contribution in [3.8, 4) is 11.8 Å². The zero-order valence-corrected chi connectivity index (χ0v) is 14.8. The molecule has 7 nitrogen and oxygen atoms in total. The van der Waals surface area contributed by atoms with Gasteiger partial charge < -0.3 is 19.2 Å². The molecule has 0 aliphatic carbocycles. The molecule has 1 aliphatic rings. The third-order valence-corrected chi connectivity index (χ3v) is 4.72. The Morgan fingerprint density at radius 1 is 1.22 bits per heavy atom. The summed E-state index contributed by atoms with van der Waals surface area (Å²) in [5, 5.41) is 12.0. The first-order chi connectivity index (χ1) is 13.3. The molecular formula is C20H19N5O2. The first-order valence-corrected chi connectivity index (χ1v) is 8.92. The summed E-state index contributed by atoms with van der Waals surface area (Å²) in [5.74, 6) is -0.397. The minimum absolute atomic E-state index is 0.0285. The topological polar surface area (TPSA) is 87.1 Å². The molecule has 0 radical (unpaired) electrons. The van der Waals surface area contributed by atoms with E-state index < -0.39 is 5.91 Å². The highest BCUT2D eigenvalue weighted by atomic mass is 16.3. The highest BCUT2D eigenvalue weighted by molar-refractivity contribution is 6.05. The largest absolute Gasteiger partial charge is 0.458 e. The maximum absolute atomic E-state index is 12.6. The Hall–Kier alpha value is -3.53. The van der Waals surface area contributed by atoms with Gasteiger partial charge in [-0.2, -0.15) is 5.26 Å². The van der Waals surface area contributed by atoms with Crippen molar-refractivity contribution in [3.63, 3.8) is 0 Å². The second-order valence-electron chi connectivity index (χ2n) is 6.45. The van der Waals surface area contributed by atoms with Gasteiger partial charge >= 0.3 is 0 Å².